The molecule has 0 saturated carbocycles. The van der Waals surface area contributed by atoms with Gasteiger partial charge in [-0.3, -0.25) is 9.78 Å². The van der Waals surface area contributed by atoms with Crippen LogP contribution in [0.2, 0.25) is 0 Å². The van der Waals surface area contributed by atoms with E-state index in [1.54, 1.807) is 27.9 Å². The van der Waals surface area contributed by atoms with Crippen molar-refractivity contribution >= 4 is 24.4 Å². The molecule has 1 aliphatic heterocycles. The first-order valence-electron chi connectivity index (χ1n) is 8.67. The minimum atomic E-state index is -1.12. The molecule has 0 aliphatic carbocycles. The molecule has 1 fully saturated rings. The van der Waals surface area contributed by atoms with E-state index >= 15 is 0 Å². The smallest absolute Gasteiger partial charge is 0.268 e. The number of fused-ring (bicyclic) bond motifs is 1. The number of nitrogens with one attached hydrogen (secondary N) is 1. The van der Waals surface area contributed by atoms with Crippen LogP contribution in [0.15, 0.2) is 17.1 Å². The van der Waals surface area contributed by atoms with Gasteiger partial charge >= 0.3 is 0 Å². The van der Waals surface area contributed by atoms with Crippen LogP contribution in [0.3, 0.4) is 0 Å². The summed E-state index contributed by atoms with van der Waals surface area (Å²) in [6.45, 7) is 5.08. The minimum Gasteiger partial charge on any atom is -0.393 e. The molecular weight excluding hydrogens is 331 g/mol. The zero-order chi connectivity index (χ0) is 19.1. The number of nitriles is 1. The monoisotopic (exact) mass is 354 g/mol. The summed E-state index contributed by atoms with van der Waals surface area (Å²) in [5, 5.41) is 20.6. The van der Waals surface area contributed by atoms with Crippen LogP contribution < -0.4 is 10.5 Å². The summed E-state index contributed by atoms with van der Waals surface area (Å²) in [6.07, 6.45) is 3.14. The van der Waals surface area contributed by atoms with Crippen LogP contribution in [0.5, 0.6) is 0 Å². The van der Waals surface area contributed by atoms with Crippen molar-refractivity contribution in [2.75, 3.05) is 25.1 Å². The molecule has 3 rings (SSSR count). The molecule has 1 unspecified atom stereocenters. The highest BCUT2D eigenvalue weighted by atomic mass is 16.5. The molecule has 2 aromatic rings. The number of hydrogen-bond acceptors (Lipinski definition) is 6. The van der Waals surface area contributed by atoms with E-state index in [-0.39, 0.29) is 11.2 Å². The number of anilines is 1. The second-order valence-corrected chi connectivity index (χ2v) is 7.60. The summed E-state index contributed by atoms with van der Waals surface area (Å²) in [5.41, 5.74) is 0.00000806. The zero-order valence-electron chi connectivity index (χ0n) is 15.6. The van der Waals surface area contributed by atoms with E-state index in [1.165, 1.54) is 6.20 Å². The van der Waals surface area contributed by atoms with Gasteiger partial charge in [-0.25, -0.2) is 0 Å². The zero-order valence-corrected chi connectivity index (χ0v) is 15.6. The molecule has 0 radical (unpaired) electrons. The predicted octanol–water partition coefficient (Wildman–Crippen LogP) is 0.598. The van der Waals surface area contributed by atoms with E-state index in [1.807, 2.05) is 6.07 Å². The quantitative estimate of drug-likeness (QED) is 0.783. The van der Waals surface area contributed by atoms with Crippen LogP contribution in [-0.4, -0.2) is 48.7 Å². The predicted molar refractivity (Wildman–Crippen MR) is 102 cm³/mol. The molecule has 8 heteroatoms. The van der Waals surface area contributed by atoms with Crippen molar-refractivity contribution in [3.63, 3.8) is 0 Å². The Balaban J connectivity index is 2.19. The van der Waals surface area contributed by atoms with Gasteiger partial charge < -0.3 is 19.7 Å². The molecule has 2 aromatic heterocycles. The minimum absolute atomic E-state index is 0.0893. The van der Waals surface area contributed by atoms with Gasteiger partial charge in [0.1, 0.15) is 11.6 Å². The molecular formula is C18H23BN4O3. The number of pyridine rings is 2. The van der Waals surface area contributed by atoms with Crippen molar-refractivity contribution in [1.29, 1.82) is 5.26 Å². The van der Waals surface area contributed by atoms with Crippen LogP contribution >= 0.6 is 0 Å². The van der Waals surface area contributed by atoms with Crippen LogP contribution in [0, 0.1) is 11.3 Å². The van der Waals surface area contributed by atoms with E-state index in [2.05, 4.69) is 21.8 Å². The standard InChI is InChI=1S/C18H23BN4O3/c1-17(26-3)4-6-23(7-5-17)15-11-8-14(18(2,19)25)21-10-13(11)22-16(24)12(15)9-20/h8,10,25H,4-7,19H2,1-3H3,(H,22,24). The van der Waals surface area contributed by atoms with Crippen molar-refractivity contribution < 1.29 is 9.84 Å². The highest BCUT2D eigenvalue weighted by Gasteiger charge is 2.32. The lowest BCUT2D eigenvalue weighted by atomic mass is 9.80. The Morgan fingerprint density at radius 3 is 2.69 bits per heavy atom. The molecule has 0 aromatic carbocycles. The molecule has 26 heavy (non-hydrogen) atoms. The Morgan fingerprint density at radius 2 is 2.15 bits per heavy atom. The van der Waals surface area contributed by atoms with E-state index in [0.717, 1.165) is 12.8 Å². The third-order valence-electron chi connectivity index (χ3n) is 5.24. The highest BCUT2D eigenvalue weighted by molar-refractivity contribution is 6.14. The van der Waals surface area contributed by atoms with Crippen molar-refractivity contribution in [2.24, 2.45) is 0 Å². The number of aromatic nitrogens is 2. The number of H-pyrrole nitrogens is 1. The third kappa shape index (κ3) is 3.20. The molecule has 0 amide bonds. The fraction of sp³-hybridized carbons (Fsp3) is 0.500. The van der Waals surface area contributed by atoms with Crippen LogP contribution in [0.25, 0.3) is 10.9 Å². The van der Waals surface area contributed by atoms with Crippen molar-refractivity contribution in [2.45, 2.75) is 37.8 Å². The summed E-state index contributed by atoms with van der Waals surface area (Å²) in [4.78, 5) is 21.4. The van der Waals surface area contributed by atoms with Gasteiger partial charge in [0, 0.05) is 25.6 Å². The highest BCUT2D eigenvalue weighted by Crippen LogP contribution is 2.34. The van der Waals surface area contributed by atoms with Crippen molar-refractivity contribution in [3.05, 3.63) is 33.9 Å². The average molecular weight is 354 g/mol. The summed E-state index contributed by atoms with van der Waals surface area (Å²) >= 11 is 0. The van der Waals surface area contributed by atoms with Gasteiger partial charge in [-0.15, -0.1) is 0 Å². The van der Waals surface area contributed by atoms with Crippen molar-refractivity contribution in [1.82, 2.24) is 9.97 Å². The molecule has 0 spiro atoms. The number of nitrogens with zero attached hydrogens (tertiary/aromatic N) is 3. The second-order valence-electron chi connectivity index (χ2n) is 7.60. The maximum absolute atomic E-state index is 12.4. The topological polar surface area (TPSA) is 102 Å². The van der Waals surface area contributed by atoms with Gasteiger partial charge in [-0.2, -0.15) is 5.26 Å². The number of piperidine rings is 1. The SMILES string of the molecule is BC(C)(O)c1cc2c(N3CCC(C)(OC)CC3)c(C#N)c(=O)[nH]c2cn1. The van der Waals surface area contributed by atoms with Gasteiger partial charge in [-0.05, 0) is 32.8 Å². The summed E-state index contributed by atoms with van der Waals surface area (Å²) in [5.74, 6) is 0. The molecule has 1 atom stereocenters. The molecule has 136 valence electrons. The molecule has 2 N–H and O–H groups in total. The van der Waals surface area contributed by atoms with Crippen LogP contribution in [-0.2, 0) is 10.2 Å². The Morgan fingerprint density at radius 1 is 1.50 bits per heavy atom. The van der Waals surface area contributed by atoms with E-state index < -0.39 is 11.1 Å². The number of hydrogen-bond donors (Lipinski definition) is 2. The Kier molecular flexibility index (Phi) is 4.55. The molecule has 1 aliphatic rings. The fourth-order valence-corrected chi connectivity index (χ4v) is 3.35. The first-order chi connectivity index (χ1) is 12.2. The first kappa shape index (κ1) is 18.4. The number of methoxy groups -OCH3 is 1. The van der Waals surface area contributed by atoms with Gasteiger partial charge in [0.15, 0.2) is 7.85 Å². The normalized spacial score (nSPS) is 19.1. The fourth-order valence-electron chi connectivity index (χ4n) is 3.35. The molecule has 0 bridgehead atoms. The Hall–Kier alpha value is -2.37. The number of aliphatic hydroxyl groups is 1. The number of ether oxygens (including phenoxy) is 1. The lowest BCUT2D eigenvalue weighted by Gasteiger charge is -2.40. The molecule has 3 heterocycles. The summed E-state index contributed by atoms with van der Waals surface area (Å²) in [6, 6.07) is 3.80. The van der Waals surface area contributed by atoms with Crippen LogP contribution in [0.4, 0.5) is 5.69 Å². The lowest BCUT2D eigenvalue weighted by Crippen LogP contribution is -2.44. The van der Waals surface area contributed by atoms with E-state index in [4.69, 9.17) is 4.74 Å². The van der Waals surface area contributed by atoms with Gasteiger partial charge in [0.2, 0.25) is 0 Å². The molecule has 7 nitrogen and oxygen atoms in total. The average Bonchev–Trinajstić information content (AvgIpc) is 2.60. The van der Waals surface area contributed by atoms with Crippen LogP contribution in [0.1, 0.15) is 37.9 Å². The second kappa shape index (κ2) is 6.42. The van der Waals surface area contributed by atoms with Gasteiger partial charge in [0.05, 0.1) is 34.2 Å². The summed E-state index contributed by atoms with van der Waals surface area (Å²) in [7, 11) is 3.36. The van der Waals surface area contributed by atoms with Gasteiger partial charge in [-0.1, -0.05) is 0 Å². The summed E-state index contributed by atoms with van der Waals surface area (Å²) < 4.78 is 5.59. The Labute approximate surface area is 153 Å². The van der Waals surface area contributed by atoms with E-state index in [0.29, 0.717) is 35.4 Å². The number of rotatable bonds is 3. The maximum Gasteiger partial charge on any atom is 0.268 e. The maximum atomic E-state index is 12.4. The first-order valence-corrected chi connectivity index (χ1v) is 8.67. The van der Waals surface area contributed by atoms with Crippen molar-refractivity contribution in [3.8, 4) is 6.07 Å². The Bertz CT molecular complexity index is 934. The molecule has 1 saturated heterocycles. The van der Waals surface area contributed by atoms with E-state index in [9.17, 15) is 15.2 Å². The van der Waals surface area contributed by atoms with Gasteiger partial charge in [0.25, 0.3) is 5.56 Å². The number of aromatic amines is 1. The largest absolute Gasteiger partial charge is 0.393 e. The lowest BCUT2D eigenvalue weighted by molar-refractivity contribution is -0.0132. The third-order valence-corrected chi connectivity index (χ3v) is 5.24.